The van der Waals surface area contributed by atoms with E-state index < -0.39 is 0 Å². The van der Waals surface area contributed by atoms with E-state index in [0.29, 0.717) is 11.5 Å². The second kappa shape index (κ2) is 9.99. The van der Waals surface area contributed by atoms with Crippen LogP contribution < -0.4 is 0 Å². The maximum atomic E-state index is 9.34. The zero-order valence-corrected chi connectivity index (χ0v) is 17.7. The van der Waals surface area contributed by atoms with Gasteiger partial charge >= 0.3 is 0 Å². The number of hydrogen-bond acceptors (Lipinski definition) is 2. The molecule has 2 nitrogen and oxygen atoms in total. The van der Waals surface area contributed by atoms with Crippen LogP contribution in [0, 0.1) is 0 Å². The second-order valence-electron chi connectivity index (χ2n) is 8.03. The van der Waals surface area contributed by atoms with Crippen molar-refractivity contribution in [3.8, 4) is 22.6 Å². The van der Waals surface area contributed by atoms with Gasteiger partial charge in [-0.3, -0.25) is 0 Å². The van der Waals surface area contributed by atoms with Gasteiger partial charge in [0.15, 0.2) is 0 Å². The third kappa shape index (κ3) is 5.55. The fraction of sp³-hybridized carbons (Fsp3) is 0.172. The molecule has 4 aromatic carbocycles. The summed E-state index contributed by atoms with van der Waals surface area (Å²) in [5, 5.41) is 18.5. The molecule has 0 aliphatic heterocycles. The summed E-state index contributed by atoms with van der Waals surface area (Å²) in [4.78, 5) is 0. The lowest BCUT2D eigenvalue weighted by molar-refractivity contribution is 0.474. The van der Waals surface area contributed by atoms with Crippen LogP contribution in [0.15, 0.2) is 97.1 Å². The first-order valence-corrected chi connectivity index (χ1v) is 10.9. The van der Waals surface area contributed by atoms with E-state index in [2.05, 4.69) is 30.3 Å². The first-order chi connectivity index (χ1) is 15.2. The number of aromatic hydroxyl groups is 2. The third-order valence-electron chi connectivity index (χ3n) is 5.76. The smallest absolute Gasteiger partial charge is 0.115 e. The van der Waals surface area contributed by atoms with Gasteiger partial charge in [-0.1, -0.05) is 72.8 Å². The van der Waals surface area contributed by atoms with Crippen molar-refractivity contribution >= 4 is 0 Å². The Bertz CT molecular complexity index is 1100. The fourth-order valence-corrected chi connectivity index (χ4v) is 4.14. The Kier molecular flexibility index (Phi) is 6.68. The van der Waals surface area contributed by atoms with Crippen LogP contribution >= 0.6 is 0 Å². The Hall–Kier alpha value is -3.52. The van der Waals surface area contributed by atoms with Gasteiger partial charge in [-0.25, -0.2) is 0 Å². The van der Waals surface area contributed by atoms with Crippen LogP contribution in [0.25, 0.3) is 11.1 Å². The van der Waals surface area contributed by atoms with Gasteiger partial charge in [-0.05, 0) is 89.8 Å². The van der Waals surface area contributed by atoms with Gasteiger partial charge in [-0.2, -0.15) is 0 Å². The molecule has 4 aromatic rings. The quantitative estimate of drug-likeness (QED) is 0.386. The van der Waals surface area contributed by atoms with E-state index >= 15 is 0 Å². The van der Waals surface area contributed by atoms with Crippen molar-refractivity contribution in [1.29, 1.82) is 0 Å². The zero-order valence-electron chi connectivity index (χ0n) is 17.7. The summed E-state index contributed by atoms with van der Waals surface area (Å²) in [6.45, 7) is 0. The molecule has 0 heterocycles. The van der Waals surface area contributed by atoms with Crippen molar-refractivity contribution in [3.05, 3.63) is 119 Å². The number of hydrogen-bond donors (Lipinski definition) is 2. The highest BCUT2D eigenvalue weighted by atomic mass is 16.3. The summed E-state index contributed by atoms with van der Waals surface area (Å²) in [5.41, 5.74) is 8.06. The Balaban J connectivity index is 0.000000152. The highest BCUT2D eigenvalue weighted by Gasteiger charge is 2.13. The maximum Gasteiger partial charge on any atom is 0.115 e. The van der Waals surface area contributed by atoms with E-state index in [1.807, 2.05) is 42.5 Å². The summed E-state index contributed by atoms with van der Waals surface area (Å²) >= 11 is 0. The Morgan fingerprint density at radius 3 is 1.87 bits per heavy atom. The largest absolute Gasteiger partial charge is 0.508 e. The van der Waals surface area contributed by atoms with Crippen LogP contribution in [0.1, 0.15) is 35.1 Å². The zero-order chi connectivity index (χ0) is 21.5. The van der Waals surface area contributed by atoms with E-state index in [1.54, 1.807) is 24.3 Å². The first kappa shape index (κ1) is 20.7. The van der Waals surface area contributed by atoms with Gasteiger partial charge in [0, 0.05) is 0 Å². The van der Waals surface area contributed by atoms with Crippen LogP contribution in [0.4, 0.5) is 0 Å². The maximum absolute atomic E-state index is 9.34. The molecule has 0 unspecified atom stereocenters. The van der Waals surface area contributed by atoms with Crippen LogP contribution in [0.5, 0.6) is 11.5 Å². The lowest BCUT2D eigenvalue weighted by atomic mass is 9.86. The predicted molar refractivity (Wildman–Crippen MR) is 128 cm³/mol. The molecule has 156 valence electrons. The molecule has 2 heteroatoms. The molecular weight excluding hydrogens is 380 g/mol. The van der Waals surface area contributed by atoms with Gasteiger partial charge in [0.1, 0.15) is 11.5 Å². The van der Waals surface area contributed by atoms with Gasteiger partial charge < -0.3 is 10.2 Å². The van der Waals surface area contributed by atoms with Crippen molar-refractivity contribution in [2.45, 2.75) is 32.1 Å². The lowest BCUT2D eigenvalue weighted by Crippen LogP contribution is -2.04. The normalized spacial score (nSPS) is 12.4. The number of fused-ring (bicyclic) bond motifs is 1. The third-order valence-corrected chi connectivity index (χ3v) is 5.76. The monoisotopic (exact) mass is 408 g/mol. The molecule has 0 saturated heterocycles. The van der Waals surface area contributed by atoms with E-state index in [9.17, 15) is 5.11 Å². The molecule has 1 aliphatic carbocycles. The van der Waals surface area contributed by atoms with E-state index in [1.165, 1.54) is 59.1 Å². The number of rotatable bonds is 3. The van der Waals surface area contributed by atoms with E-state index in [-0.39, 0.29) is 0 Å². The molecule has 0 bridgehead atoms. The van der Waals surface area contributed by atoms with Gasteiger partial charge in [-0.15, -0.1) is 0 Å². The minimum absolute atomic E-state index is 0.321. The molecular formula is C29H28O2. The number of phenols is 2. The molecule has 0 spiro atoms. The Morgan fingerprint density at radius 1 is 0.548 bits per heavy atom. The van der Waals surface area contributed by atoms with Crippen LogP contribution in [0.2, 0.25) is 0 Å². The lowest BCUT2D eigenvalue weighted by Gasteiger charge is -2.19. The van der Waals surface area contributed by atoms with E-state index in [0.717, 1.165) is 6.42 Å². The van der Waals surface area contributed by atoms with Crippen LogP contribution in [-0.4, -0.2) is 10.2 Å². The minimum Gasteiger partial charge on any atom is -0.508 e. The first-order valence-electron chi connectivity index (χ1n) is 10.9. The highest BCUT2D eigenvalue weighted by Crippen LogP contribution is 2.32. The van der Waals surface area contributed by atoms with Crippen molar-refractivity contribution < 1.29 is 10.2 Å². The summed E-state index contributed by atoms with van der Waals surface area (Å²) in [7, 11) is 0. The van der Waals surface area contributed by atoms with E-state index in [4.69, 9.17) is 5.11 Å². The molecule has 31 heavy (non-hydrogen) atoms. The number of benzene rings is 4. The average Bonchev–Trinajstić information content (AvgIpc) is 2.82. The molecule has 1 aliphatic rings. The topological polar surface area (TPSA) is 40.5 Å². The van der Waals surface area contributed by atoms with Crippen molar-refractivity contribution in [3.63, 3.8) is 0 Å². The fourth-order valence-electron chi connectivity index (χ4n) is 4.14. The SMILES string of the molecule is Oc1ccc(-c2cccc3c2CCCC3)cc1.Oc1ccc(Cc2ccccc2)cc1. The summed E-state index contributed by atoms with van der Waals surface area (Å²) < 4.78 is 0. The van der Waals surface area contributed by atoms with Crippen molar-refractivity contribution in [2.24, 2.45) is 0 Å². The standard InChI is InChI=1S/C16H16O.C13H12O/c17-14-10-8-13(9-11-14)16-7-3-5-12-4-1-2-6-15(12)16;14-13-8-6-12(7-9-13)10-11-4-2-1-3-5-11/h3,5,7-11,17H,1-2,4,6H2;1-9,14H,10H2. The molecule has 0 atom stereocenters. The minimum atomic E-state index is 0.321. The van der Waals surface area contributed by atoms with Crippen LogP contribution in [-0.2, 0) is 19.3 Å². The molecule has 5 rings (SSSR count). The molecule has 0 fully saturated rings. The predicted octanol–water partition coefficient (Wildman–Crippen LogP) is 6.92. The average molecular weight is 409 g/mol. The Labute approximate surface area is 184 Å². The van der Waals surface area contributed by atoms with Gasteiger partial charge in [0.05, 0.1) is 0 Å². The molecule has 2 N–H and O–H groups in total. The summed E-state index contributed by atoms with van der Waals surface area (Å²) in [6, 6.07) is 31.7. The van der Waals surface area contributed by atoms with Crippen molar-refractivity contribution in [1.82, 2.24) is 0 Å². The molecule has 0 radical (unpaired) electrons. The van der Waals surface area contributed by atoms with Crippen molar-refractivity contribution in [2.75, 3.05) is 0 Å². The second-order valence-corrected chi connectivity index (χ2v) is 8.03. The highest BCUT2D eigenvalue weighted by molar-refractivity contribution is 5.69. The Morgan fingerprint density at radius 2 is 1.16 bits per heavy atom. The number of phenolic OH excluding ortho intramolecular Hbond substituents is 2. The molecule has 0 amide bonds. The van der Waals surface area contributed by atoms with Gasteiger partial charge in [0.2, 0.25) is 0 Å². The summed E-state index contributed by atoms with van der Waals surface area (Å²) in [5.74, 6) is 0.653. The molecule has 0 saturated carbocycles. The molecule has 0 aromatic heterocycles. The van der Waals surface area contributed by atoms with Crippen LogP contribution in [0.3, 0.4) is 0 Å². The van der Waals surface area contributed by atoms with Gasteiger partial charge in [0.25, 0.3) is 0 Å². The number of aryl methyl sites for hydroxylation is 1. The summed E-state index contributed by atoms with van der Waals surface area (Å²) in [6.07, 6.45) is 5.92.